The lowest BCUT2D eigenvalue weighted by Crippen LogP contribution is -2.05. The molecule has 0 amide bonds. The number of fused-ring (bicyclic) bond motifs is 3. The first-order valence-electron chi connectivity index (χ1n) is 23.8. The maximum absolute atomic E-state index is 11.1. The van der Waals surface area contributed by atoms with Gasteiger partial charge in [-0.25, -0.2) is 49.8 Å². The van der Waals surface area contributed by atoms with Crippen molar-refractivity contribution in [3.63, 3.8) is 0 Å². The van der Waals surface area contributed by atoms with Crippen LogP contribution in [0.25, 0.3) is 118 Å². The number of hydrogen-bond donors (Lipinski definition) is 0. The fourth-order valence-corrected chi connectivity index (χ4v) is 9.48. The van der Waals surface area contributed by atoms with Crippen molar-refractivity contribution in [1.82, 2.24) is 54.4 Å². The standard InChI is InChI=1S/C61H42N12/c1-36-63-37(2)66-60(65-36)45-25-27-55-47(31-45)48-32-46(61-67-38(3)64-39(4)68-61)26-28-56(48)73(55)57-49(53-33-51(41-17-9-5-10-18-41)69-58(71-53)43-21-13-7-14-22-43)29-40(35-62)30-50(57)54-34-52(42-19-11-6-12-20-42)70-59(72-54)44-23-15-8-16-24-44/h5-34H,1-4H3. The monoisotopic (exact) mass is 942 g/mol. The molecule has 0 atom stereocenters. The first kappa shape index (κ1) is 44.2. The summed E-state index contributed by atoms with van der Waals surface area (Å²) in [6.45, 7) is 7.50. The Hall–Kier alpha value is -9.99. The Labute approximate surface area is 420 Å². The maximum Gasteiger partial charge on any atom is 0.163 e. The molecule has 73 heavy (non-hydrogen) atoms. The van der Waals surface area contributed by atoms with Gasteiger partial charge < -0.3 is 4.57 Å². The van der Waals surface area contributed by atoms with E-state index in [2.05, 4.69) is 44.9 Å². The van der Waals surface area contributed by atoms with Crippen molar-refractivity contribution in [1.29, 1.82) is 5.26 Å². The lowest BCUT2D eigenvalue weighted by Gasteiger charge is -2.20. The smallest absolute Gasteiger partial charge is 0.163 e. The van der Waals surface area contributed by atoms with Gasteiger partial charge in [0.15, 0.2) is 23.3 Å². The molecule has 12 nitrogen and oxygen atoms in total. The van der Waals surface area contributed by atoms with E-state index in [4.69, 9.17) is 39.9 Å². The first-order valence-corrected chi connectivity index (χ1v) is 23.8. The van der Waals surface area contributed by atoms with E-state index < -0.39 is 0 Å². The molecule has 7 aromatic carbocycles. The van der Waals surface area contributed by atoms with Crippen molar-refractivity contribution in [3.05, 3.63) is 211 Å². The number of nitriles is 1. The average molecular weight is 943 g/mol. The molecule has 0 aliphatic carbocycles. The van der Waals surface area contributed by atoms with Gasteiger partial charge in [0.2, 0.25) is 0 Å². The molecule has 12 rings (SSSR count). The summed E-state index contributed by atoms with van der Waals surface area (Å²) in [6.07, 6.45) is 0. The highest BCUT2D eigenvalue weighted by molar-refractivity contribution is 6.12. The molecule has 12 aromatic rings. The van der Waals surface area contributed by atoms with E-state index in [9.17, 15) is 5.26 Å². The van der Waals surface area contributed by atoms with Crippen molar-refractivity contribution < 1.29 is 0 Å². The molecular formula is C61H42N12. The third-order valence-electron chi connectivity index (χ3n) is 12.7. The number of rotatable bonds is 9. The van der Waals surface area contributed by atoms with Crippen LogP contribution in [0, 0.1) is 39.0 Å². The normalized spacial score (nSPS) is 11.3. The third-order valence-corrected chi connectivity index (χ3v) is 12.7. The summed E-state index contributed by atoms with van der Waals surface area (Å²) in [5.74, 6) is 4.72. The fourth-order valence-electron chi connectivity index (χ4n) is 9.48. The van der Waals surface area contributed by atoms with Gasteiger partial charge in [-0.15, -0.1) is 0 Å². The SMILES string of the molecule is Cc1nc(C)nc(-c2ccc3c(c2)c2cc(-c4nc(C)nc(C)n4)ccc2n3-c2c(-c3cc(-c4ccccc4)nc(-c4ccccc4)n3)cc(C#N)cc2-c2cc(-c3ccccc3)nc(-c3ccccc3)n2)n1. The second-order valence-corrected chi connectivity index (χ2v) is 17.7. The fraction of sp³-hybridized carbons (Fsp3) is 0.0656. The van der Waals surface area contributed by atoms with Gasteiger partial charge in [-0.3, -0.25) is 0 Å². The molecule has 0 N–H and O–H groups in total. The summed E-state index contributed by atoms with van der Waals surface area (Å²) in [5.41, 5.74) is 12.1. The molecule has 346 valence electrons. The van der Waals surface area contributed by atoms with Crippen LogP contribution >= 0.6 is 0 Å². The molecule has 0 aliphatic heterocycles. The Bertz CT molecular complexity index is 3720. The predicted molar refractivity (Wildman–Crippen MR) is 286 cm³/mol. The quantitative estimate of drug-likeness (QED) is 0.136. The van der Waals surface area contributed by atoms with Gasteiger partial charge >= 0.3 is 0 Å². The van der Waals surface area contributed by atoms with Gasteiger partial charge in [-0.2, -0.15) is 5.26 Å². The molecule has 0 fully saturated rings. The van der Waals surface area contributed by atoms with Crippen molar-refractivity contribution in [2.75, 3.05) is 0 Å². The van der Waals surface area contributed by atoms with E-state index in [1.165, 1.54) is 0 Å². The van der Waals surface area contributed by atoms with Crippen LogP contribution in [0.4, 0.5) is 0 Å². The summed E-state index contributed by atoms with van der Waals surface area (Å²) in [4.78, 5) is 49.2. The van der Waals surface area contributed by atoms with E-state index in [0.717, 1.165) is 72.3 Å². The van der Waals surface area contributed by atoms with Gasteiger partial charge in [0, 0.05) is 55.3 Å². The van der Waals surface area contributed by atoms with E-state index in [0.29, 0.717) is 74.7 Å². The van der Waals surface area contributed by atoms with Gasteiger partial charge in [0.25, 0.3) is 0 Å². The summed E-state index contributed by atoms with van der Waals surface area (Å²) in [6, 6.07) is 63.1. The van der Waals surface area contributed by atoms with Gasteiger partial charge in [-0.05, 0) is 88.4 Å². The largest absolute Gasteiger partial charge is 0.308 e. The summed E-state index contributed by atoms with van der Waals surface area (Å²) in [5, 5.41) is 12.9. The molecule has 0 aliphatic rings. The highest BCUT2D eigenvalue weighted by Gasteiger charge is 2.26. The lowest BCUT2D eigenvalue weighted by atomic mass is 9.95. The second-order valence-electron chi connectivity index (χ2n) is 17.7. The number of nitrogens with zero attached hydrogens (tertiary/aromatic N) is 12. The zero-order chi connectivity index (χ0) is 49.6. The Morgan fingerprint density at radius 2 is 0.671 bits per heavy atom. The zero-order valence-corrected chi connectivity index (χ0v) is 40.2. The topological polar surface area (TPSA) is 158 Å². The van der Waals surface area contributed by atoms with Crippen molar-refractivity contribution in [2.45, 2.75) is 27.7 Å². The Morgan fingerprint density at radius 3 is 1.04 bits per heavy atom. The van der Waals surface area contributed by atoms with Crippen LogP contribution in [0.3, 0.4) is 0 Å². The molecule has 5 heterocycles. The van der Waals surface area contributed by atoms with E-state index in [1.54, 1.807) is 0 Å². The molecule has 0 saturated carbocycles. The molecule has 0 unspecified atom stereocenters. The maximum atomic E-state index is 11.1. The third kappa shape index (κ3) is 8.51. The number of aryl methyl sites for hydroxylation is 4. The Kier molecular flexibility index (Phi) is 11.1. The van der Waals surface area contributed by atoms with Gasteiger partial charge in [-0.1, -0.05) is 121 Å². The molecule has 12 heteroatoms. The second kappa shape index (κ2) is 18.4. The minimum absolute atomic E-state index is 0.419. The minimum atomic E-state index is 0.419. The Balaban J connectivity index is 1.24. The summed E-state index contributed by atoms with van der Waals surface area (Å²) >= 11 is 0. The van der Waals surface area contributed by atoms with Crippen LogP contribution in [0.2, 0.25) is 0 Å². The highest BCUT2D eigenvalue weighted by Crippen LogP contribution is 2.44. The van der Waals surface area contributed by atoms with Crippen LogP contribution in [-0.2, 0) is 0 Å². The van der Waals surface area contributed by atoms with Crippen molar-refractivity contribution in [3.8, 4) is 102 Å². The molecule has 0 saturated heterocycles. The highest BCUT2D eigenvalue weighted by atomic mass is 15.0. The first-order chi connectivity index (χ1) is 35.7. The summed E-state index contributed by atoms with van der Waals surface area (Å²) < 4.78 is 2.26. The van der Waals surface area contributed by atoms with E-state index in [-0.39, 0.29) is 0 Å². The van der Waals surface area contributed by atoms with Crippen molar-refractivity contribution in [2.24, 2.45) is 0 Å². The predicted octanol–water partition coefficient (Wildman–Crippen LogP) is 13.2. The van der Waals surface area contributed by atoms with E-state index >= 15 is 0 Å². The van der Waals surface area contributed by atoms with Crippen molar-refractivity contribution >= 4 is 21.8 Å². The zero-order valence-electron chi connectivity index (χ0n) is 40.2. The number of hydrogen-bond acceptors (Lipinski definition) is 11. The van der Waals surface area contributed by atoms with E-state index in [1.807, 2.05) is 185 Å². The molecule has 0 radical (unpaired) electrons. The van der Waals surface area contributed by atoms with Crippen LogP contribution in [0.15, 0.2) is 182 Å². The van der Waals surface area contributed by atoms with Crippen LogP contribution in [0.5, 0.6) is 0 Å². The van der Waals surface area contributed by atoms with Gasteiger partial charge in [0.05, 0.1) is 51.1 Å². The molecular weight excluding hydrogens is 901 g/mol. The Morgan fingerprint density at radius 1 is 0.329 bits per heavy atom. The van der Waals surface area contributed by atoms with Gasteiger partial charge in [0.1, 0.15) is 23.3 Å². The summed E-state index contributed by atoms with van der Waals surface area (Å²) in [7, 11) is 0. The average Bonchev–Trinajstić information content (AvgIpc) is 3.75. The molecule has 0 bridgehead atoms. The number of aromatic nitrogens is 11. The number of benzene rings is 7. The molecule has 5 aromatic heterocycles. The molecule has 0 spiro atoms. The van der Waals surface area contributed by atoms with Crippen LogP contribution in [0.1, 0.15) is 28.9 Å². The van der Waals surface area contributed by atoms with Crippen LogP contribution in [-0.4, -0.2) is 54.4 Å². The lowest BCUT2D eigenvalue weighted by molar-refractivity contribution is 0.928. The minimum Gasteiger partial charge on any atom is -0.308 e. The van der Waals surface area contributed by atoms with Crippen LogP contribution < -0.4 is 0 Å².